The van der Waals surface area contributed by atoms with Crippen molar-refractivity contribution in [3.05, 3.63) is 29.8 Å². The Morgan fingerprint density at radius 3 is 2.39 bits per heavy atom. The molecule has 0 bridgehead atoms. The number of carboxylic acid groups (broad SMARTS) is 1. The quantitative estimate of drug-likeness (QED) is 0.921. The van der Waals surface area contributed by atoms with Crippen LogP contribution in [0.1, 0.15) is 23.2 Å². The standard InChI is InChI=1S/C15H16F3NO4/c16-15(17,18)9-23-12-4-2-1-3-11(12)13(20)19-7-5-10(6-8-19)14(21)22/h1-4,10H,5-9H2,(H,21,22). The number of benzene rings is 1. The molecule has 0 aliphatic carbocycles. The van der Waals surface area contributed by atoms with Gasteiger partial charge in [0.2, 0.25) is 0 Å². The summed E-state index contributed by atoms with van der Waals surface area (Å²) in [4.78, 5) is 24.8. The molecule has 0 spiro atoms. The summed E-state index contributed by atoms with van der Waals surface area (Å²) in [5.41, 5.74) is 0.0468. The van der Waals surface area contributed by atoms with E-state index in [1.807, 2.05) is 0 Å². The highest BCUT2D eigenvalue weighted by molar-refractivity contribution is 5.97. The van der Waals surface area contributed by atoms with Gasteiger partial charge in [-0.2, -0.15) is 13.2 Å². The zero-order valence-electron chi connectivity index (χ0n) is 12.2. The summed E-state index contributed by atoms with van der Waals surface area (Å²) in [5, 5.41) is 8.94. The van der Waals surface area contributed by atoms with E-state index in [2.05, 4.69) is 0 Å². The van der Waals surface area contributed by atoms with Crippen molar-refractivity contribution in [3.63, 3.8) is 0 Å². The highest BCUT2D eigenvalue weighted by Gasteiger charge is 2.31. The van der Waals surface area contributed by atoms with E-state index in [0.29, 0.717) is 12.8 Å². The second-order valence-electron chi connectivity index (χ2n) is 5.30. The highest BCUT2D eigenvalue weighted by atomic mass is 19.4. The monoisotopic (exact) mass is 331 g/mol. The van der Waals surface area contributed by atoms with Gasteiger partial charge in [-0.15, -0.1) is 0 Å². The fourth-order valence-electron chi connectivity index (χ4n) is 2.43. The third kappa shape index (κ3) is 4.61. The summed E-state index contributed by atoms with van der Waals surface area (Å²) in [6.45, 7) is -0.967. The Morgan fingerprint density at radius 2 is 1.83 bits per heavy atom. The van der Waals surface area contributed by atoms with Crippen molar-refractivity contribution in [2.24, 2.45) is 5.92 Å². The van der Waals surface area contributed by atoms with Crippen LogP contribution < -0.4 is 4.74 Å². The van der Waals surface area contributed by atoms with Gasteiger partial charge in [-0.3, -0.25) is 9.59 Å². The van der Waals surface area contributed by atoms with Crippen LogP contribution in [0.25, 0.3) is 0 Å². The summed E-state index contributed by atoms with van der Waals surface area (Å²) in [6.07, 6.45) is -3.84. The maximum atomic E-state index is 12.4. The highest BCUT2D eigenvalue weighted by Crippen LogP contribution is 2.25. The van der Waals surface area contributed by atoms with E-state index in [-0.39, 0.29) is 24.4 Å². The number of amides is 1. The first-order valence-corrected chi connectivity index (χ1v) is 7.08. The molecule has 1 aromatic carbocycles. The second kappa shape index (κ2) is 6.89. The van der Waals surface area contributed by atoms with Crippen LogP contribution in [0.15, 0.2) is 24.3 Å². The lowest BCUT2D eigenvalue weighted by Gasteiger charge is -2.30. The van der Waals surface area contributed by atoms with Gasteiger partial charge in [0.05, 0.1) is 11.5 Å². The maximum Gasteiger partial charge on any atom is 0.422 e. The number of hydrogen-bond donors (Lipinski definition) is 1. The van der Waals surface area contributed by atoms with Crippen molar-refractivity contribution in [1.29, 1.82) is 0 Å². The Hall–Kier alpha value is -2.25. The summed E-state index contributed by atoms with van der Waals surface area (Å²) in [6, 6.07) is 5.73. The molecule has 1 N–H and O–H groups in total. The molecule has 0 aromatic heterocycles. The summed E-state index contributed by atoms with van der Waals surface area (Å²) >= 11 is 0. The number of piperidine rings is 1. The topological polar surface area (TPSA) is 66.8 Å². The molecule has 0 radical (unpaired) electrons. The smallest absolute Gasteiger partial charge is 0.422 e. The first kappa shape index (κ1) is 17.1. The van der Waals surface area contributed by atoms with Gasteiger partial charge in [-0.05, 0) is 25.0 Å². The lowest BCUT2D eigenvalue weighted by molar-refractivity contribution is -0.153. The van der Waals surface area contributed by atoms with E-state index in [9.17, 15) is 22.8 Å². The van der Waals surface area contributed by atoms with E-state index in [1.54, 1.807) is 0 Å². The van der Waals surface area contributed by atoms with Crippen LogP contribution >= 0.6 is 0 Å². The Morgan fingerprint density at radius 1 is 1.22 bits per heavy atom. The van der Waals surface area contributed by atoms with Crippen LogP contribution in [-0.4, -0.2) is 47.8 Å². The Labute approximate surface area is 130 Å². The Bertz CT molecular complexity index is 580. The van der Waals surface area contributed by atoms with E-state index >= 15 is 0 Å². The number of carbonyl (C=O) groups excluding carboxylic acids is 1. The minimum absolute atomic E-state index is 0.0468. The Kier molecular flexibility index (Phi) is 5.12. The minimum Gasteiger partial charge on any atom is -0.483 e. The molecule has 0 saturated carbocycles. The molecule has 0 unspecified atom stereocenters. The number of para-hydroxylation sites is 1. The van der Waals surface area contributed by atoms with Crippen molar-refractivity contribution in [1.82, 2.24) is 4.90 Å². The molecule has 126 valence electrons. The molecular formula is C15H16F3NO4. The number of aliphatic carboxylic acids is 1. The zero-order valence-corrected chi connectivity index (χ0v) is 12.2. The summed E-state index contributed by atoms with van der Waals surface area (Å²) in [5.74, 6) is -1.97. The molecule has 1 saturated heterocycles. The summed E-state index contributed by atoms with van der Waals surface area (Å²) in [7, 11) is 0. The van der Waals surface area contributed by atoms with Crippen LogP contribution in [0.4, 0.5) is 13.2 Å². The third-order valence-corrected chi connectivity index (χ3v) is 3.64. The number of likely N-dealkylation sites (tertiary alicyclic amines) is 1. The van der Waals surface area contributed by atoms with Gasteiger partial charge in [-0.1, -0.05) is 12.1 Å². The van der Waals surface area contributed by atoms with E-state index in [4.69, 9.17) is 9.84 Å². The van der Waals surface area contributed by atoms with Crippen molar-refractivity contribution < 1.29 is 32.6 Å². The average Bonchev–Trinajstić information content (AvgIpc) is 2.52. The van der Waals surface area contributed by atoms with Crippen LogP contribution in [0.3, 0.4) is 0 Å². The molecule has 1 aromatic rings. The van der Waals surface area contributed by atoms with Crippen molar-refractivity contribution >= 4 is 11.9 Å². The van der Waals surface area contributed by atoms with E-state index in [1.165, 1.54) is 29.2 Å². The molecule has 23 heavy (non-hydrogen) atoms. The fraction of sp³-hybridized carbons (Fsp3) is 0.467. The number of hydrogen-bond acceptors (Lipinski definition) is 3. The van der Waals surface area contributed by atoms with Crippen LogP contribution in [0.5, 0.6) is 5.75 Å². The van der Waals surface area contributed by atoms with Crippen molar-refractivity contribution in [2.75, 3.05) is 19.7 Å². The third-order valence-electron chi connectivity index (χ3n) is 3.64. The normalized spacial score (nSPS) is 16.2. The maximum absolute atomic E-state index is 12.4. The number of halogens is 3. The molecule has 2 rings (SSSR count). The number of nitrogens with zero attached hydrogens (tertiary/aromatic N) is 1. The molecule has 8 heteroatoms. The largest absolute Gasteiger partial charge is 0.483 e. The molecule has 1 aliphatic heterocycles. The summed E-state index contributed by atoms with van der Waals surface area (Å²) < 4.78 is 41.5. The van der Waals surface area contributed by atoms with E-state index < -0.39 is 30.6 Å². The first-order valence-electron chi connectivity index (χ1n) is 7.08. The molecule has 1 fully saturated rings. The number of carbonyl (C=O) groups is 2. The van der Waals surface area contributed by atoms with Gasteiger partial charge in [0.15, 0.2) is 6.61 Å². The SMILES string of the molecule is O=C(O)C1CCN(C(=O)c2ccccc2OCC(F)(F)F)CC1. The van der Waals surface area contributed by atoms with Gasteiger partial charge in [0, 0.05) is 13.1 Å². The predicted molar refractivity (Wildman–Crippen MR) is 74.3 cm³/mol. The van der Waals surface area contributed by atoms with Crippen molar-refractivity contribution in [3.8, 4) is 5.75 Å². The molecule has 0 atom stereocenters. The molecule has 1 amide bonds. The minimum atomic E-state index is -4.49. The van der Waals surface area contributed by atoms with Crippen LogP contribution in [-0.2, 0) is 4.79 Å². The number of rotatable bonds is 4. The zero-order chi connectivity index (χ0) is 17.0. The Balaban J connectivity index is 2.06. The van der Waals surface area contributed by atoms with Crippen LogP contribution in [0.2, 0.25) is 0 Å². The van der Waals surface area contributed by atoms with Crippen LogP contribution in [0, 0.1) is 5.92 Å². The van der Waals surface area contributed by atoms with Gasteiger partial charge in [-0.25, -0.2) is 0 Å². The predicted octanol–water partition coefficient (Wildman–Crippen LogP) is 2.56. The average molecular weight is 331 g/mol. The van der Waals surface area contributed by atoms with Crippen molar-refractivity contribution in [2.45, 2.75) is 19.0 Å². The van der Waals surface area contributed by atoms with E-state index in [0.717, 1.165) is 0 Å². The van der Waals surface area contributed by atoms with Gasteiger partial charge < -0.3 is 14.7 Å². The lowest BCUT2D eigenvalue weighted by Crippen LogP contribution is -2.40. The number of ether oxygens (including phenoxy) is 1. The second-order valence-corrected chi connectivity index (χ2v) is 5.30. The number of alkyl halides is 3. The molecule has 1 aliphatic rings. The fourth-order valence-corrected chi connectivity index (χ4v) is 2.43. The van der Waals surface area contributed by atoms with Gasteiger partial charge >= 0.3 is 12.1 Å². The molecule has 5 nitrogen and oxygen atoms in total. The van der Waals surface area contributed by atoms with Gasteiger partial charge in [0.1, 0.15) is 5.75 Å². The molecular weight excluding hydrogens is 315 g/mol. The van der Waals surface area contributed by atoms with Gasteiger partial charge in [0.25, 0.3) is 5.91 Å². The first-order chi connectivity index (χ1) is 10.8. The lowest BCUT2D eigenvalue weighted by atomic mass is 9.96. The number of carboxylic acids is 1. The molecule has 1 heterocycles.